The molecule has 7 rings (SSSR count). The second-order valence-electron chi connectivity index (χ2n) is 16.0. The molecule has 0 saturated carbocycles. The van der Waals surface area contributed by atoms with Crippen molar-refractivity contribution < 1.29 is 0 Å². The molecule has 0 aliphatic heterocycles. The minimum Gasteiger partial charge on any atom is -0.368 e. The molecule has 0 radical (unpaired) electrons. The molecule has 390 valence electrons. The zero-order chi connectivity index (χ0) is 51.7. The predicted octanol–water partition coefficient (Wildman–Crippen LogP) is 3.68. The van der Waals surface area contributed by atoms with Gasteiger partial charge in [0.1, 0.15) is 41.3 Å². The minimum atomic E-state index is 0.150. The lowest BCUT2D eigenvalue weighted by Crippen LogP contribution is -2.15. The fraction of sp³-hybridized carbons (Fsp3) is 0.455. The molecule has 0 atom stereocenters. The predicted molar refractivity (Wildman–Crippen MR) is 290 cm³/mol. The van der Waals surface area contributed by atoms with Crippen LogP contribution in [0.2, 0.25) is 0 Å². The molecule has 0 bridgehead atoms. The van der Waals surface area contributed by atoms with Gasteiger partial charge in [0.25, 0.3) is 0 Å². The summed E-state index contributed by atoms with van der Waals surface area (Å²) in [7, 11) is 0. The van der Waals surface area contributed by atoms with Crippen LogP contribution in [0.25, 0.3) is 0 Å². The summed E-state index contributed by atoms with van der Waals surface area (Å²) in [5.74, 6) is 8.59. The average Bonchev–Trinajstić information content (AvgIpc) is 3.37. The van der Waals surface area contributed by atoms with Gasteiger partial charge in [-0.1, -0.05) is 36.9 Å². The van der Waals surface area contributed by atoms with Gasteiger partial charge in [-0.05, 0) is 68.7 Å². The highest BCUT2D eigenvalue weighted by Gasteiger charge is 2.13. The molecule has 0 saturated heterocycles. The van der Waals surface area contributed by atoms with E-state index in [1.807, 2.05) is 37.3 Å². The lowest BCUT2D eigenvalue weighted by molar-refractivity contribution is 0.739. The number of rotatable bonds is 32. The Morgan fingerprint density at radius 2 is 0.878 bits per heavy atom. The van der Waals surface area contributed by atoms with Crippen LogP contribution in [-0.2, 0) is 32.1 Å². The Balaban J connectivity index is 0.844. The maximum Gasteiger partial charge on any atom is 0.228 e. The zero-order valence-electron chi connectivity index (χ0n) is 41.2. The van der Waals surface area contributed by atoms with E-state index in [0.29, 0.717) is 171 Å². The molecular formula is C44H61N27S3. The Labute approximate surface area is 442 Å². The average molecular weight is 1060 g/mol. The number of nitrogens with two attached hydrogens (primary N) is 3. The molecule has 6 heterocycles. The van der Waals surface area contributed by atoms with Crippen molar-refractivity contribution >= 4 is 89.7 Å². The molecular weight excluding hydrogens is 1000 g/mol. The number of benzene rings is 1. The number of aryl methyl sites for hydroxylation is 6. The van der Waals surface area contributed by atoms with Crippen LogP contribution < -0.4 is 49.1 Å². The van der Waals surface area contributed by atoms with E-state index in [4.69, 9.17) is 37.1 Å². The molecule has 7 aromatic rings. The van der Waals surface area contributed by atoms with Crippen molar-refractivity contribution in [1.82, 2.24) is 89.7 Å². The van der Waals surface area contributed by atoms with Gasteiger partial charge in [0.15, 0.2) is 10.3 Å². The highest BCUT2D eigenvalue weighted by molar-refractivity contribution is 7.99. The molecule has 0 unspecified atom stereocenters. The standard InChI is InChI=1S/C44H61N27S3/c1-3-73-43-68-36(47)67-42(70-43)52-23-11-18-33-64-41(71-44(65-33)74-28-12-5-4-6-13-28)51-22-10-17-32-62-39(69-40(63-32)53-24-25-72)50-20-7-14-29-54-26-55-37(60-29)48-19-9-16-31-59-35(46)66-38(61-31)49-21-8-15-30-56-27(2)57-34(45)58-30/h4-6,12-13,26,72H,3,7-11,14-25H2,1-2H3,(H2,45,56,57,58)(H,48,54,55,60)(H,51,64,65,71)(H3,46,49,59,61,66)(H3,47,52,67,68,70)(H2,50,53,62,63,69). The highest BCUT2D eigenvalue weighted by atomic mass is 32.2. The normalized spacial score (nSPS) is 11.1. The Bertz CT molecular complexity index is 2810. The number of nitrogen functional groups attached to an aromatic ring is 3. The van der Waals surface area contributed by atoms with Crippen LogP contribution in [0.4, 0.5) is 53.5 Å². The molecule has 0 fully saturated rings. The van der Waals surface area contributed by atoms with E-state index in [1.54, 1.807) is 6.92 Å². The highest BCUT2D eigenvalue weighted by Crippen LogP contribution is 2.25. The Kier molecular flexibility index (Phi) is 21.5. The van der Waals surface area contributed by atoms with Crippen LogP contribution in [0.1, 0.15) is 74.0 Å². The maximum atomic E-state index is 5.99. The molecule has 1 aromatic carbocycles. The molecule has 74 heavy (non-hydrogen) atoms. The van der Waals surface area contributed by atoms with Gasteiger partial charge in [-0.2, -0.15) is 82.4 Å². The van der Waals surface area contributed by atoms with Crippen molar-refractivity contribution in [3.63, 3.8) is 0 Å². The van der Waals surface area contributed by atoms with Gasteiger partial charge in [-0.25, -0.2) is 19.9 Å². The number of thiol groups is 1. The summed E-state index contributed by atoms with van der Waals surface area (Å²) in [6, 6.07) is 10.0. The van der Waals surface area contributed by atoms with Crippen molar-refractivity contribution in [3.8, 4) is 0 Å². The van der Waals surface area contributed by atoms with E-state index >= 15 is 0 Å². The molecule has 27 nitrogen and oxygen atoms in total. The van der Waals surface area contributed by atoms with Gasteiger partial charge in [0.05, 0.1) is 0 Å². The second kappa shape index (κ2) is 29.3. The molecule has 0 amide bonds. The first kappa shape index (κ1) is 54.3. The largest absolute Gasteiger partial charge is 0.368 e. The second-order valence-corrected chi connectivity index (χ2v) is 18.7. The number of aromatic nitrogens is 18. The van der Waals surface area contributed by atoms with E-state index in [9.17, 15) is 0 Å². The summed E-state index contributed by atoms with van der Waals surface area (Å²) in [5, 5.41) is 20.9. The minimum absolute atomic E-state index is 0.150. The quantitative estimate of drug-likeness (QED) is 0.0163. The van der Waals surface area contributed by atoms with E-state index in [-0.39, 0.29) is 17.8 Å². The van der Waals surface area contributed by atoms with Crippen LogP contribution in [0.15, 0.2) is 51.9 Å². The lowest BCUT2D eigenvalue weighted by Gasteiger charge is -2.11. The first-order valence-electron chi connectivity index (χ1n) is 24.2. The summed E-state index contributed by atoms with van der Waals surface area (Å²) < 4.78 is 0. The number of nitrogens with one attached hydrogen (secondary N) is 6. The van der Waals surface area contributed by atoms with Crippen LogP contribution in [0.3, 0.4) is 0 Å². The van der Waals surface area contributed by atoms with Crippen LogP contribution in [0, 0.1) is 6.92 Å². The first-order chi connectivity index (χ1) is 36.1. The Morgan fingerprint density at radius 1 is 0.432 bits per heavy atom. The SMILES string of the molecule is CCSc1nc(N)nc(NCCCc2nc(NCCCc3nc(NCCS)nc(NCCCc4ncnc(NCCCc5nc(N)nc(NCCCc6nc(C)nc(N)n6)n5)n4)n3)nc(Sc3ccccc3)n2)n1. The van der Waals surface area contributed by atoms with Crippen LogP contribution >= 0.6 is 36.2 Å². The molecule has 0 spiro atoms. The third kappa shape index (κ3) is 19.2. The van der Waals surface area contributed by atoms with E-state index in [0.717, 1.165) is 29.9 Å². The molecule has 0 aliphatic rings. The summed E-state index contributed by atoms with van der Waals surface area (Å²) in [4.78, 5) is 81.0. The van der Waals surface area contributed by atoms with E-state index in [1.165, 1.54) is 29.9 Å². The van der Waals surface area contributed by atoms with Crippen molar-refractivity contribution in [2.24, 2.45) is 0 Å². The zero-order valence-corrected chi connectivity index (χ0v) is 43.8. The maximum absolute atomic E-state index is 5.99. The number of hydrogen-bond donors (Lipinski definition) is 10. The van der Waals surface area contributed by atoms with Gasteiger partial charge in [-0.15, -0.1) is 0 Å². The van der Waals surface area contributed by atoms with Crippen molar-refractivity contribution in [3.05, 3.63) is 71.6 Å². The van der Waals surface area contributed by atoms with Crippen molar-refractivity contribution in [1.29, 1.82) is 0 Å². The first-order valence-corrected chi connectivity index (χ1v) is 26.6. The summed E-state index contributed by atoms with van der Waals surface area (Å²) in [6.45, 7) is 7.34. The third-order valence-electron chi connectivity index (χ3n) is 10.0. The van der Waals surface area contributed by atoms with Gasteiger partial charge < -0.3 is 49.1 Å². The van der Waals surface area contributed by atoms with Gasteiger partial charge in [0, 0.05) is 82.0 Å². The van der Waals surface area contributed by atoms with Crippen LogP contribution in [0.5, 0.6) is 0 Å². The van der Waals surface area contributed by atoms with Gasteiger partial charge in [-0.3, -0.25) is 0 Å². The van der Waals surface area contributed by atoms with Crippen molar-refractivity contribution in [2.45, 2.75) is 93.3 Å². The Hall–Kier alpha value is -7.47. The van der Waals surface area contributed by atoms with E-state index < -0.39 is 0 Å². The van der Waals surface area contributed by atoms with Gasteiger partial charge >= 0.3 is 0 Å². The number of anilines is 9. The van der Waals surface area contributed by atoms with Crippen LogP contribution in [-0.4, -0.2) is 140 Å². The van der Waals surface area contributed by atoms with E-state index in [2.05, 4.69) is 114 Å². The Morgan fingerprint density at radius 3 is 1.46 bits per heavy atom. The molecule has 0 aliphatic carbocycles. The number of thioether (sulfide) groups is 1. The van der Waals surface area contributed by atoms with Gasteiger partial charge in [0.2, 0.25) is 53.5 Å². The fourth-order valence-electron chi connectivity index (χ4n) is 6.80. The fourth-order valence-corrected chi connectivity index (χ4v) is 8.27. The number of hydrogen-bond acceptors (Lipinski definition) is 30. The summed E-state index contributed by atoms with van der Waals surface area (Å²) in [5.41, 5.74) is 17.6. The molecule has 6 aromatic heterocycles. The lowest BCUT2D eigenvalue weighted by atomic mass is 10.3. The third-order valence-corrected chi connectivity index (χ3v) is 11.9. The molecule has 30 heteroatoms. The number of nitrogens with zero attached hydrogens (tertiary/aromatic N) is 18. The summed E-state index contributed by atoms with van der Waals surface area (Å²) in [6.07, 6.45) is 8.10. The van der Waals surface area contributed by atoms with Crippen molar-refractivity contribution in [2.75, 3.05) is 99.9 Å². The summed E-state index contributed by atoms with van der Waals surface area (Å²) >= 11 is 7.34. The smallest absolute Gasteiger partial charge is 0.228 e. The molecule has 12 N–H and O–H groups in total. The monoisotopic (exact) mass is 1060 g/mol. The topological polar surface area (TPSA) is 382 Å².